The summed E-state index contributed by atoms with van der Waals surface area (Å²) in [5.74, 6) is 1.59. The molecule has 7 heteroatoms. The van der Waals surface area contributed by atoms with E-state index in [4.69, 9.17) is 4.98 Å². The van der Waals surface area contributed by atoms with E-state index in [0.717, 1.165) is 60.0 Å². The molecule has 2 aromatic heterocycles. The number of nitrogens with zero attached hydrogens (tertiary/aromatic N) is 4. The molecule has 0 radical (unpaired) electrons. The number of hydrogen-bond acceptors (Lipinski definition) is 6. The lowest BCUT2D eigenvalue weighted by atomic mass is 10.1. The number of nitrogens with one attached hydrogen (secondary N) is 3. The molecular formula is C23H25N7. The minimum Gasteiger partial charge on any atom is -0.340 e. The zero-order valence-electron chi connectivity index (χ0n) is 17.0. The van der Waals surface area contributed by atoms with Gasteiger partial charge in [0, 0.05) is 42.0 Å². The van der Waals surface area contributed by atoms with Crippen LogP contribution in [0.15, 0.2) is 60.9 Å². The lowest BCUT2D eigenvalue weighted by Gasteiger charge is -2.25. The van der Waals surface area contributed by atoms with E-state index >= 15 is 0 Å². The van der Waals surface area contributed by atoms with Crippen LogP contribution in [0, 0.1) is 6.92 Å². The molecule has 1 aliphatic heterocycles. The number of aromatic amines is 1. The zero-order chi connectivity index (χ0) is 20.3. The average Bonchev–Trinajstić information content (AvgIpc) is 3.10. The summed E-state index contributed by atoms with van der Waals surface area (Å²) in [5, 5.41) is 15.3. The third kappa shape index (κ3) is 3.84. The summed E-state index contributed by atoms with van der Waals surface area (Å²) in [6.45, 7) is 4.78. The van der Waals surface area contributed by atoms with E-state index < -0.39 is 0 Å². The molecule has 1 saturated heterocycles. The van der Waals surface area contributed by atoms with Gasteiger partial charge in [0.25, 0.3) is 0 Å². The van der Waals surface area contributed by atoms with Gasteiger partial charge in [-0.15, -0.1) is 0 Å². The van der Waals surface area contributed by atoms with Crippen molar-refractivity contribution in [1.82, 2.24) is 25.5 Å². The smallest absolute Gasteiger partial charge is 0.227 e. The Hall–Kier alpha value is -3.45. The van der Waals surface area contributed by atoms with Crippen molar-refractivity contribution in [3.63, 3.8) is 0 Å². The van der Waals surface area contributed by atoms with E-state index in [1.807, 2.05) is 31.5 Å². The van der Waals surface area contributed by atoms with E-state index in [1.54, 1.807) is 0 Å². The van der Waals surface area contributed by atoms with Crippen LogP contribution in [-0.4, -0.2) is 39.8 Å². The van der Waals surface area contributed by atoms with Gasteiger partial charge in [0.2, 0.25) is 5.95 Å². The number of hydrogen-bond donors (Lipinski definition) is 3. The fourth-order valence-corrected chi connectivity index (χ4v) is 3.88. The molecule has 1 atom stereocenters. The van der Waals surface area contributed by atoms with Crippen LogP contribution in [0.4, 0.5) is 17.5 Å². The van der Waals surface area contributed by atoms with Crippen molar-refractivity contribution in [3.05, 3.63) is 72.1 Å². The summed E-state index contributed by atoms with van der Waals surface area (Å²) in [4.78, 5) is 11.8. The topological polar surface area (TPSA) is 81.8 Å². The maximum absolute atomic E-state index is 4.88. The number of rotatable bonds is 4. The highest BCUT2D eigenvalue weighted by Crippen LogP contribution is 2.25. The molecule has 2 aromatic carbocycles. The van der Waals surface area contributed by atoms with Crippen LogP contribution in [0.3, 0.4) is 0 Å². The Morgan fingerprint density at radius 3 is 2.90 bits per heavy atom. The van der Waals surface area contributed by atoms with Crippen LogP contribution in [0.25, 0.3) is 10.9 Å². The Kier molecular flexibility index (Phi) is 5.03. The van der Waals surface area contributed by atoms with Crippen molar-refractivity contribution in [3.8, 4) is 0 Å². The third-order valence-corrected chi connectivity index (χ3v) is 5.55. The van der Waals surface area contributed by atoms with Crippen molar-refractivity contribution in [2.45, 2.75) is 19.4 Å². The van der Waals surface area contributed by atoms with Gasteiger partial charge in [0.05, 0.1) is 11.7 Å². The lowest BCUT2D eigenvalue weighted by Crippen LogP contribution is -2.32. The molecule has 0 saturated carbocycles. The minimum absolute atomic E-state index is 0.263. The predicted octanol–water partition coefficient (Wildman–Crippen LogP) is 3.95. The first kappa shape index (κ1) is 18.6. The van der Waals surface area contributed by atoms with E-state index in [-0.39, 0.29) is 6.04 Å². The number of benzene rings is 2. The summed E-state index contributed by atoms with van der Waals surface area (Å²) in [6.07, 6.45) is 4.78. The average molecular weight is 400 g/mol. The first-order valence-corrected chi connectivity index (χ1v) is 10.3. The SMILES string of the molecule is Cc1cnc(N2CCCNC(c3ccccc3)C2)nc1Nc1ccc2[nH]ncc2c1. The standard InChI is InChI=1S/C23H25N7/c1-16-13-25-23(28-22(16)27-19-8-9-20-18(12-19)14-26-29-20)30-11-5-10-24-21(15-30)17-6-3-2-4-7-17/h2-4,6-9,12-14,21,24H,5,10-11,15H2,1H3,(H,26,29)(H,25,27,28). The van der Waals surface area contributed by atoms with Crippen LogP contribution in [0.2, 0.25) is 0 Å². The molecule has 3 heterocycles. The second-order valence-corrected chi connectivity index (χ2v) is 7.72. The van der Waals surface area contributed by atoms with Crippen LogP contribution >= 0.6 is 0 Å². The molecule has 0 spiro atoms. The first-order valence-electron chi connectivity index (χ1n) is 10.3. The van der Waals surface area contributed by atoms with E-state index in [2.05, 4.69) is 67.1 Å². The van der Waals surface area contributed by atoms with Gasteiger partial charge in [0.1, 0.15) is 5.82 Å². The molecule has 1 fully saturated rings. The van der Waals surface area contributed by atoms with Gasteiger partial charge in [-0.25, -0.2) is 4.98 Å². The maximum atomic E-state index is 4.88. The normalized spacial score (nSPS) is 17.1. The van der Waals surface area contributed by atoms with Gasteiger partial charge >= 0.3 is 0 Å². The highest BCUT2D eigenvalue weighted by molar-refractivity contribution is 5.82. The van der Waals surface area contributed by atoms with Gasteiger partial charge in [-0.05, 0) is 43.7 Å². The molecule has 1 unspecified atom stereocenters. The van der Waals surface area contributed by atoms with E-state index in [1.165, 1.54) is 5.56 Å². The highest BCUT2D eigenvalue weighted by Gasteiger charge is 2.21. The largest absolute Gasteiger partial charge is 0.340 e. The summed E-state index contributed by atoms with van der Waals surface area (Å²) in [7, 11) is 0. The molecule has 0 bridgehead atoms. The van der Waals surface area contributed by atoms with Gasteiger partial charge in [0.15, 0.2) is 0 Å². The Morgan fingerprint density at radius 2 is 2.00 bits per heavy atom. The first-order chi connectivity index (χ1) is 14.8. The number of aromatic nitrogens is 4. The van der Waals surface area contributed by atoms with Gasteiger partial charge < -0.3 is 15.5 Å². The van der Waals surface area contributed by atoms with Crippen LogP contribution in [0.5, 0.6) is 0 Å². The van der Waals surface area contributed by atoms with Crippen molar-refractivity contribution < 1.29 is 0 Å². The Labute approximate surface area is 175 Å². The predicted molar refractivity (Wildman–Crippen MR) is 120 cm³/mol. The second kappa shape index (κ2) is 8.12. The van der Waals surface area contributed by atoms with Gasteiger partial charge in [-0.2, -0.15) is 10.1 Å². The van der Waals surface area contributed by atoms with Gasteiger partial charge in [-0.1, -0.05) is 30.3 Å². The molecule has 30 heavy (non-hydrogen) atoms. The second-order valence-electron chi connectivity index (χ2n) is 7.72. The monoisotopic (exact) mass is 399 g/mol. The summed E-state index contributed by atoms with van der Waals surface area (Å²) in [6, 6.07) is 17.0. The maximum Gasteiger partial charge on any atom is 0.227 e. The molecule has 0 aliphatic carbocycles. The Bertz CT molecular complexity index is 1140. The number of H-pyrrole nitrogens is 1. The number of anilines is 3. The fourth-order valence-electron chi connectivity index (χ4n) is 3.88. The molecule has 7 nitrogen and oxygen atoms in total. The van der Waals surface area contributed by atoms with Crippen LogP contribution < -0.4 is 15.5 Å². The fraction of sp³-hybridized carbons (Fsp3) is 0.261. The Morgan fingerprint density at radius 1 is 1.10 bits per heavy atom. The third-order valence-electron chi connectivity index (χ3n) is 5.55. The molecule has 3 N–H and O–H groups in total. The molecule has 1 aliphatic rings. The van der Waals surface area contributed by atoms with Crippen molar-refractivity contribution in [1.29, 1.82) is 0 Å². The molecular weight excluding hydrogens is 374 g/mol. The number of aryl methyl sites for hydroxylation is 1. The number of fused-ring (bicyclic) bond motifs is 1. The lowest BCUT2D eigenvalue weighted by molar-refractivity contribution is 0.568. The molecule has 152 valence electrons. The van der Waals surface area contributed by atoms with Crippen LogP contribution in [-0.2, 0) is 0 Å². The molecule has 0 amide bonds. The summed E-state index contributed by atoms with van der Waals surface area (Å²) >= 11 is 0. The van der Waals surface area contributed by atoms with Crippen LogP contribution in [0.1, 0.15) is 23.6 Å². The Balaban J connectivity index is 1.40. The summed E-state index contributed by atoms with van der Waals surface area (Å²) < 4.78 is 0. The summed E-state index contributed by atoms with van der Waals surface area (Å²) in [5.41, 5.74) is 4.31. The zero-order valence-corrected chi connectivity index (χ0v) is 17.0. The van der Waals surface area contributed by atoms with Crippen molar-refractivity contribution in [2.75, 3.05) is 29.9 Å². The quantitative estimate of drug-likeness (QED) is 0.482. The van der Waals surface area contributed by atoms with Gasteiger partial charge in [-0.3, -0.25) is 5.10 Å². The van der Waals surface area contributed by atoms with E-state index in [0.29, 0.717) is 0 Å². The molecule has 4 aromatic rings. The van der Waals surface area contributed by atoms with Crippen molar-refractivity contribution >= 4 is 28.4 Å². The van der Waals surface area contributed by atoms with E-state index in [9.17, 15) is 0 Å². The highest BCUT2D eigenvalue weighted by atomic mass is 15.3. The minimum atomic E-state index is 0.263. The van der Waals surface area contributed by atoms with Crippen molar-refractivity contribution in [2.24, 2.45) is 0 Å². The molecule has 5 rings (SSSR count).